The normalized spacial score (nSPS) is 12.3. The molecule has 0 bridgehead atoms. The molecule has 0 fully saturated rings. The highest BCUT2D eigenvalue weighted by Crippen LogP contribution is 2.40. The van der Waals surface area contributed by atoms with E-state index < -0.39 is 65.8 Å². The van der Waals surface area contributed by atoms with Gasteiger partial charge in [0.2, 0.25) is 0 Å². The lowest BCUT2D eigenvalue weighted by atomic mass is 10.00. The maximum absolute atomic E-state index is 15.1. The van der Waals surface area contributed by atoms with Crippen LogP contribution in [0.4, 0.5) is 52.7 Å². The van der Waals surface area contributed by atoms with E-state index in [1.165, 1.54) is 18.2 Å². The first-order chi connectivity index (χ1) is 33.1. The summed E-state index contributed by atoms with van der Waals surface area (Å²) in [5.41, 5.74) is -3.93. The van der Waals surface area contributed by atoms with E-state index in [2.05, 4.69) is 26.8 Å². The van der Waals surface area contributed by atoms with Gasteiger partial charge in [0.05, 0.1) is 41.9 Å². The van der Waals surface area contributed by atoms with E-state index in [9.17, 15) is 39.5 Å². The Hall–Kier alpha value is -4.54. The quantitative estimate of drug-likeness (QED) is 0.0178. The van der Waals surface area contributed by atoms with Gasteiger partial charge in [0, 0.05) is 0 Å². The zero-order valence-corrected chi connectivity index (χ0v) is 40.5. The second-order valence-corrected chi connectivity index (χ2v) is 17.7. The number of nitrogens with zero attached hydrogens (tertiary/aromatic N) is 1. The molecule has 0 radical (unpaired) electrons. The van der Waals surface area contributed by atoms with E-state index >= 15 is 13.2 Å². The van der Waals surface area contributed by atoms with Gasteiger partial charge >= 0.3 is 32.0 Å². The first kappa shape index (κ1) is 59.8. The average molecular weight is 1010 g/mol. The number of hydrogen-bond donors (Lipinski definition) is 0. The molecule has 0 heterocycles. The molecule has 0 amide bonds. The molecule has 390 valence electrons. The maximum Gasteiger partial charge on any atom is 0.864 e. The fourth-order valence-corrected chi connectivity index (χ4v) is 8.15. The molecule has 0 saturated carbocycles. The third kappa shape index (κ3) is 22.3. The smallest absolute Gasteiger partial charge is 0.490 e. The molecule has 0 aromatic heterocycles. The van der Waals surface area contributed by atoms with Gasteiger partial charge in [-0.05, 0) is 87.1 Å². The summed E-state index contributed by atoms with van der Waals surface area (Å²) in [5.74, 6) is -1.13. The topological polar surface area (TPSA) is 27.7 Å². The molecular weight excluding hydrogens is 937 g/mol. The molecule has 0 aliphatic carbocycles. The number of alkyl halides is 12. The monoisotopic (exact) mass is 1010 g/mol. The number of benzene rings is 4. The van der Waals surface area contributed by atoms with Crippen LogP contribution in [-0.4, -0.2) is 31.4 Å². The van der Waals surface area contributed by atoms with Gasteiger partial charge in [-0.3, -0.25) is 0 Å². The summed E-state index contributed by atoms with van der Waals surface area (Å²) in [6.45, 7) is 8.30. The second-order valence-electron chi connectivity index (χ2n) is 17.7. The Morgan fingerprint density at radius 2 is 0.843 bits per heavy atom. The molecule has 4 aromatic rings. The Labute approximate surface area is 406 Å². The van der Waals surface area contributed by atoms with Crippen LogP contribution in [0.15, 0.2) is 91.0 Å². The fraction of sp³-hybridized carbons (Fsp3) is 0.547. The molecule has 0 unspecified atom stereocenters. The van der Waals surface area contributed by atoms with Gasteiger partial charge in [-0.1, -0.05) is 122 Å². The Morgan fingerprint density at radius 3 is 1.21 bits per heavy atom. The molecular formula is C53H68BF12NO3. The van der Waals surface area contributed by atoms with Crippen molar-refractivity contribution in [2.45, 2.75) is 168 Å². The molecule has 4 aromatic carbocycles. The highest BCUT2D eigenvalue weighted by molar-refractivity contribution is 6.39. The van der Waals surface area contributed by atoms with Gasteiger partial charge in [-0.25, -0.2) is 0 Å². The Kier molecular flexibility index (Phi) is 25.4. The van der Waals surface area contributed by atoms with Crippen LogP contribution in [0, 0.1) is 6.07 Å². The van der Waals surface area contributed by atoms with Crippen molar-refractivity contribution in [3.8, 4) is 17.2 Å². The lowest BCUT2D eigenvalue weighted by Crippen LogP contribution is -2.50. The van der Waals surface area contributed by atoms with Crippen LogP contribution in [0.3, 0.4) is 0 Å². The largest absolute Gasteiger partial charge is 0.864 e. The number of quaternary nitrogens is 1. The summed E-state index contributed by atoms with van der Waals surface area (Å²) in [5, 5.41) is 0. The SMILES string of the molecule is CCCCCCCC[N+](CCCCCCCC)(CCCCCCCC)Cc1c(OB(Oc2cccc(C(F)(F)F)c2)Oc2cccc(C(F)(F)F)c2)cccc1C(F)(F)F.FC(F)(F)c1c[c-]ccc1. The van der Waals surface area contributed by atoms with Gasteiger partial charge in [0.1, 0.15) is 23.8 Å². The van der Waals surface area contributed by atoms with Gasteiger partial charge in [-0.2, -0.15) is 83.0 Å². The molecule has 0 N–H and O–H groups in total. The standard InChI is InChI=1S/C46H64BF9NO3.C7H4F3/c1-4-7-10-13-16-19-31-57(32-20-17-14-11-8-5-2,33-21-18-15-12-9-6-3)36-41-42(46(54,55)56)29-24-30-43(41)60-47(58-39-27-22-25-37(34-39)44(48,49)50)59-40-28-23-26-38(35-40)45(51,52)53;8-7(9,10)6-4-2-1-3-5-6/h22-30,34-35H,4-21,31-33,36H2,1-3H3;1-2,4-5H/q+1;-1. The minimum atomic E-state index is -4.82. The molecule has 0 atom stereocenters. The van der Waals surface area contributed by atoms with Crippen LogP contribution in [0.2, 0.25) is 0 Å². The van der Waals surface area contributed by atoms with Crippen molar-refractivity contribution in [2.75, 3.05) is 19.6 Å². The molecule has 0 spiro atoms. The first-order valence-corrected chi connectivity index (χ1v) is 24.5. The highest BCUT2D eigenvalue weighted by Gasteiger charge is 2.41. The van der Waals surface area contributed by atoms with E-state index in [0.29, 0.717) is 36.3 Å². The van der Waals surface area contributed by atoms with Crippen LogP contribution in [-0.2, 0) is 31.2 Å². The summed E-state index contributed by atoms with van der Waals surface area (Å²) in [6.07, 6.45) is -0.397. The van der Waals surface area contributed by atoms with E-state index in [1.54, 1.807) is 0 Å². The van der Waals surface area contributed by atoms with Gasteiger partial charge in [-0.15, -0.1) is 0 Å². The fourth-order valence-electron chi connectivity index (χ4n) is 8.15. The summed E-state index contributed by atoms with van der Waals surface area (Å²) in [7, 11) is -2.09. The average Bonchev–Trinajstić information content (AvgIpc) is 3.30. The first-order valence-electron chi connectivity index (χ1n) is 24.5. The summed E-state index contributed by atoms with van der Waals surface area (Å²) in [4.78, 5) is 0. The predicted molar refractivity (Wildman–Crippen MR) is 251 cm³/mol. The predicted octanol–water partition coefficient (Wildman–Crippen LogP) is 18.2. The minimum absolute atomic E-state index is 0.0519. The van der Waals surface area contributed by atoms with Crippen LogP contribution in [0.25, 0.3) is 0 Å². The second kappa shape index (κ2) is 29.7. The highest BCUT2D eigenvalue weighted by atomic mass is 19.4. The molecule has 4 nitrogen and oxygen atoms in total. The minimum Gasteiger partial charge on any atom is -0.490 e. The Balaban J connectivity index is 0.00000115. The molecule has 4 rings (SSSR count). The Morgan fingerprint density at radius 1 is 0.443 bits per heavy atom. The van der Waals surface area contributed by atoms with E-state index in [0.717, 1.165) is 176 Å². The maximum atomic E-state index is 15.1. The number of unbranched alkanes of at least 4 members (excludes halogenated alkanes) is 15. The zero-order chi connectivity index (χ0) is 51.7. The van der Waals surface area contributed by atoms with Gasteiger partial charge in [0.15, 0.2) is 0 Å². The number of halogens is 12. The Bertz CT molecular complexity index is 1940. The third-order valence-corrected chi connectivity index (χ3v) is 11.9. The van der Waals surface area contributed by atoms with Gasteiger partial charge in [0.25, 0.3) is 0 Å². The molecule has 0 aliphatic heterocycles. The van der Waals surface area contributed by atoms with Crippen molar-refractivity contribution in [1.29, 1.82) is 0 Å². The van der Waals surface area contributed by atoms with Crippen molar-refractivity contribution in [1.82, 2.24) is 0 Å². The summed E-state index contributed by atoms with van der Waals surface area (Å²) < 4.78 is 181. The third-order valence-electron chi connectivity index (χ3n) is 11.9. The number of hydrogen-bond acceptors (Lipinski definition) is 3. The van der Waals surface area contributed by atoms with Crippen LogP contribution < -0.4 is 14.0 Å². The molecule has 0 aliphatic rings. The number of rotatable bonds is 29. The lowest BCUT2D eigenvalue weighted by molar-refractivity contribution is -0.941. The molecule has 17 heteroatoms. The van der Waals surface area contributed by atoms with E-state index in [4.69, 9.17) is 14.0 Å². The van der Waals surface area contributed by atoms with Crippen molar-refractivity contribution in [3.05, 3.63) is 125 Å². The van der Waals surface area contributed by atoms with Crippen molar-refractivity contribution in [2.24, 2.45) is 0 Å². The van der Waals surface area contributed by atoms with E-state index in [1.807, 2.05) is 0 Å². The summed E-state index contributed by atoms with van der Waals surface area (Å²) >= 11 is 0. The lowest BCUT2D eigenvalue weighted by Gasteiger charge is -2.40. The van der Waals surface area contributed by atoms with Crippen LogP contribution in [0.5, 0.6) is 17.2 Å². The van der Waals surface area contributed by atoms with Crippen LogP contribution >= 0.6 is 0 Å². The van der Waals surface area contributed by atoms with Gasteiger partial charge < -0.3 is 18.4 Å². The molecule has 70 heavy (non-hydrogen) atoms. The zero-order valence-electron chi connectivity index (χ0n) is 40.5. The van der Waals surface area contributed by atoms with Crippen molar-refractivity contribution < 1.29 is 71.1 Å². The van der Waals surface area contributed by atoms with E-state index in [-0.39, 0.29) is 17.9 Å². The van der Waals surface area contributed by atoms with Crippen LogP contribution in [0.1, 0.15) is 164 Å². The molecule has 0 saturated heterocycles. The van der Waals surface area contributed by atoms with Crippen molar-refractivity contribution >= 4 is 7.32 Å². The summed E-state index contributed by atoms with van der Waals surface area (Å²) in [6, 6.07) is 17.8. The van der Waals surface area contributed by atoms with Crippen molar-refractivity contribution in [3.63, 3.8) is 0 Å².